The summed E-state index contributed by atoms with van der Waals surface area (Å²) in [4.78, 5) is 2.39. The number of benzene rings is 5. The lowest BCUT2D eigenvalue weighted by Gasteiger charge is -2.27. The van der Waals surface area contributed by atoms with E-state index in [4.69, 9.17) is 0 Å². The molecule has 0 bridgehead atoms. The van der Waals surface area contributed by atoms with Gasteiger partial charge in [-0.15, -0.1) is 0 Å². The minimum absolute atomic E-state index is 0.884. The molecule has 5 rings (SSSR count). The summed E-state index contributed by atoms with van der Waals surface area (Å²) in [7, 11) is 0. The van der Waals surface area contributed by atoms with E-state index in [-0.39, 0.29) is 0 Å². The van der Waals surface area contributed by atoms with E-state index in [9.17, 15) is 0 Å². The Balaban J connectivity index is 1.58. The van der Waals surface area contributed by atoms with E-state index in [0.29, 0.717) is 0 Å². The van der Waals surface area contributed by atoms with Crippen molar-refractivity contribution in [2.24, 2.45) is 0 Å². The fourth-order valence-corrected chi connectivity index (χ4v) is 4.39. The topological polar surface area (TPSA) is 3.24 Å². The fourth-order valence-electron chi connectivity index (χ4n) is 4.39. The van der Waals surface area contributed by atoms with Crippen LogP contribution in [0.4, 0.5) is 11.4 Å². The van der Waals surface area contributed by atoms with Crippen LogP contribution in [0.3, 0.4) is 0 Å². The van der Waals surface area contributed by atoms with Crippen molar-refractivity contribution in [2.75, 3.05) is 11.4 Å². The number of nitrogens with zero attached hydrogens (tertiary/aromatic N) is 1. The molecule has 1 heteroatoms. The van der Waals surface area contributed by atoms with Crippen LogP contribution in [0.5, 0.6) is 0 Å². The summed E-state index contributed by atoms with van der Waals surface area (Å²) >= 11 is 0. The minimum atomic E-state index is 0.884. The molecule has 0 N–H and O–H groups in total. The molecule has 33 heavy (non-hydrogen) atoms. The second-order valence-corrected chi connectivity index (χ2v) is 8.12. The van der Waals surface area contributed by atoms with Crippen LogP contribution in [-0.4, -0.2) is 6.54 Å². The summed E-state index contributed by atoms with van der Waals surface area (Å²) in [5.74, 6) is 0. The zero-order valence-electron chi connectivity index (χ0n) is 18.9. The molecule has 0 unspecified atom stereocenters. The van der Waals surface area contributed by atoms with E-state index in [1.54, 1.807) is 0 Å². The third kappa shape index (κ3) is 4.44. The maximum Gasteiger partial charge on any atom is 0.0490 e. The van der Waals surface area contributed by atoms with Crippen LogP contribution < -0.4 is 4.90 Å². The van der Waals surface area contributed by atoms with Crippen molar-refractivity contribution in [3.8, 4) is 33.4 Å². The highest BCUT2D eigenvalue weighted by molar-refractivity contribution is 5.86. The van der Waals surface area contributed by atoms with Gasteiger partial charge in [-0.2, -0.15) is 0 Å². The Labute approximate surface area is 196 Å². The molecule has 0 amide bonds. The van der Waals surface area contributed by atoms with Crippen molar-refractivity contribution in [1.29, 1.82) is 0 Å². The quantitative estimate of drug-likeness (QED) is 0.263. The first-order valence-electron chi connectivity index (χ1n) is 11.5. The molecule has 0 aliphatic heterocycles. The second kappa shape index (κ2) is 9.58. The minimum Gasteiger partial charge on any atom is -0.341 e. The smallest absolute Gasteiger partial charge is 0.0490 e. The normalized spacial score (nSPS) is 10.7. The zero-order valence-corrected chi connectivity index (χ0v) is 18.9. The molecule has 0 aliphatic carbocycles. The van der Waals surface area contributed by atoms with Gasteiger partial charge in [0.2, 0.25) is 0 Å². The van der Waals surface area contributed by atoms with Crippen molar-refractivity contribution in [1.82, 2.24) is 0 Å². The summed E-state index contributed by atoms with van der Waals surface area (Å²) in [5.41, 5.74) is 9.82. The average Bonchev–Trinajstić information content (AvgIpc) is 2.91. The number of hydrogen-bond donors (Lipinski definition) is 0. The van der Waals surface area contributed by atoms with Gasteiger partial charge in [0, 0.05) is 23.5 Å². The van der Waals surface area contributed by atoms with Crippen LogP contribution in [0.1, 0.15) is 6.92 Å². The van der Waals surface area contributed by atoms with Crippen molar-refractivity contribution in [2.45, 2.75) is 6.92 Å². The molecule has 0 saturated heterocycles. The Bertz CT molecular complexity index is 1310. The van der Waals surface area contributed by atoms with Gasteiger partial charge in [-0.1, -0.05) is 109 Å². The molecule has 0 aliphatic rings. The zero-order chi connectivity index (χ0) is 22.5. The summed E-state index contributed by atoms with van der Waals surface area (Å²) in [6, 6.07) is 47.5. The Morgan fingerprint density at radius 2 is 0.909 bits per heavy atom. The van der Waals surface area contributed by atoms with Gasteiger partial charge in [-0.05, 0) is 59.0 Å². The van der Waals surface area contributed by atoms with Crippen LogP contribution in [0.25, 0.3) is 33.4 Å². The van der Waals surface area contributed by atoms with E-state index in [2.05, 4.69) is 145 Å². The molecule has 0 saturated carbocycles. The SMILES string of the molecule is CCN(c1ccc(-c2ccccc2)cc1)c1ccc(-c2ccccc2)cc1-c1ccccc1. The highest BCUT2D eigenvalue weighted by Gasteiger charge is 2.15. The third-order valence-corrected chi connectivity index (χ3v) is 6.08. The molecular weight excluding hydrogens is 398 g/mol. The van der Waals surface area contributed by atoms with Crippen molar-refractivity contribution in [3.05, 3.63) is 133 Å². The lowest BCUT2D eigenvalue weighted by Crippen LogP contribution is -2.17. The summed E-state index contributed by atoms with van der Waals surface area (Å²) < 4.78 is 0. The molecule has 5 aromatic rings. The van der Waals surface area contributed by atoms with Gasteiger partial charge in [0.15, 0.2) is 0 Å². The van der Waals surface area contributed by atoms with Gasteiger partial charge < -0.3 is 4.90 Å². The van der Waals surface area contributed by atoms with Crippen molar-refractivity contribution < 1.29 is 0 Å². The van der Waals surface area contributed by atoms with Crippen LogP contribution >= 0.6 is 0 Å². The fraction of sp³-hybridized carbons (Fsp3) is 0.0625. The average molecular weight is 426 g/mol. The third-order valence-electron chi connectivity index (χ3n) is 6.08. The van der Waals surface area contributed by atoms with Crippen LogP contribution in [0, 0.1) is 0 Å². The maximum absolute atomic E-state index is 2.39. The summed E-state index contributed by atoms with van der Waals surface area (Å²) in [6.45, 7) is 3.10. The molecule has 1 nitrogen and oxygen atoms in total. The Kier molecular flexibility index (Phi) is 6.04. The van der Waals surface area contributed by atoms with Crippen LogP contribution in [0.15, 0.2) is 133 Å². The maximum atomic E-state index is 2.39. The Hall–Kier alpha value is -4.10. The number of hydrogen-bond acceptors (Lipinski definition) is 1. The van der Waals surface area contributed by atoms with Crippen LogP contribution in [-0.2, 0) is 0 Å². The van der Waals surface area contributed by atoms with Crippen LogP contribution in [0.2, 0.25) is 0 Å². The Morgan fingerprint density at radius 1 is 0.455 bits per heavy atom. The molecule has 0 aromatic heterocycles. The first-order valence-corrected chi connectivity index (χ1v) is 11.5. The van der Waals surface area contributed by atoms with E-state index in [1.165, 1.54) is 44.8 Å². The molecule has 5 aromatic carbocycles. The Morgan fingerprint density at radius 3 is 1.45 bits per heavy atom. The molecule has 160 valence electrons. The predicted molar refractivity (Wildman–Crippen MR) is 142 cm³/mol. The molecule has 0 radical (unpaired) electrons. The molecule has 0 atom stereocenters. The van der Waals surface area contributed by atoms with Gasteiger partial charge in [0.25, 0.3) is 0 Å². The van der Waals surface area contributed by atoms with E-state index >= 15 is 0 Å². The van der Waals surface area contributed by atoms with E-state index in [0.717, 1.165) is 6.54 Å². The highest BCUT2D eigenvalue weighted by Crippen LogP contribution is 2.38. The molecule has 0 spiro atoms. The largest absolute Gasteiger partial charge is 0.341 e. The monoisotopic (exact) mass is 425 g/mol. The summed E-state index contributed by atoms with van der Waals surface area (Å²) in [6.07, 6.45) is 0. The van der Waals surface area contributed by atoms with Crippen molar-refractivity contribution >= 4 is 11.4 Å². The molecule has 0 fully saturated rings. The van der Waals surface area contributed by atoms with Crippen molar-refractivity contribution in [3.63, 3.8) is 0 Å². The predicted octanol–water partition coefficient (Wildman–Crippen LogP) is 8.85. The van der Waals surface area contributed by atoms with Gasteiger partial charge in [-0.3, -0.25) is 0 Å². The van der Waals surface area contributed by atoms with E-state index < -0.39 is 0 Å². The van der Waals surface area contributed by atoms with Gasteiger partial charge >= 0.3 is 0 Å². The first-order chi connectivity index (χ1) is 16.3. The molecule has 0 heterocycles. The molecular formula is C32H27N. The van der Waals surface area contributed by atoms with Gasteiger partial charge in [0.05, 0.1) is 0 Å². The van der Waals surface area contributed by atoms with Gasteiger partial charge in [-0.25, -0.2) is 0 Å². The second-order valence-electron chi connectivity index (χ2n) is 8.12. The number of rotatable bonds is 6. The van der Waals surface area contributed by atoms with Gasteiger partial charge in [0.1, 0.15) is 0 Å². The summed E-state index contributed by atoms with van der Waals surface area (Å²) in [5, 5.41) is 0. The number of anilines is 2. The van der Waals surface area contributed by atoms with E-state index in [1.807, 2.05) is 0 Å². The lowest BCUT2D eigenvalue weighted by molar-refractivity contribution is 1.03. The first kappa shape index (κ1) is 20.8. The lowest BCUT2D eigenvalue weighted by atomic mass is 9.96. The highest BCUT2D eigenvalue weighted by atomic mass is 15.1. The standard InChI is InChI=1S/C32H27N/c1-2-33(30-21-18-27(19-22-30)25-12-6-3-7-13-25)32-23-20-29(26-14-8-4-9-15-26)24-31(32)28-16-10-5-11-17-28/h3-24H,2H2,1H3.